The van der Waals surface area contributed by atoms with Gasteiger partial charge in [-0.3, -0.25) is 24.3 Å². The number of aromatic nitrogens is 1. The standard InChI is InChI=1S/C16H13N3O3/c20-14(18-11-5-8-17-9-6-11)7-10-19-15(21)12-3-1-2-4-13(12)16(19)22/h1-6,8-9H,7,10H2,(H,17,18,20). The first-order chi connectivity index (χ1) is 10.7. The third-order valence-electron chi connectivity index (χ3n) is 3.40. The van der Waals surface area contributed by atoms with Crippen LogP contribution in [0.2, 0.25) is 0 Å². The Kier molecular flexibility index (Phi) is 3.65. The molecule has 1 aliphatic heterocycles. The smallest absolute Gasteiger partial charge is 0.261 e. The highest BCUT2D eigenvalue weighted by Crippen LogP contribution is 2.22. The van der Waals surface area contributed by atoms with Crippen molar-refractivity contribution in [2.45, 2.75) is 6.42 Å². The van der Waals surface area contributed by atoms with Crippen LogP contribution in [0.3, 0.4) is 0 Å². The van der Waals surface area contributed by atoms with Gasteiger partial charge in [-0.25, -0.2) is 0 Å². The van der Waals surface area contributed by atoms with Crippen molar-refractivity contribution in [3.63, 3.8) is 0 Å². The Morgan fingerprint density at radius 3 is 2.18 bits per heavy atom. The van der Waals surface area contributed by atoms with E-state index in [-0.39, 0.29) is 30.7 Å². The van der Waals surface area contributed by atoms with E-state index in [1.54, 1.807) is 48.8 Å². The van der Waals surface area contributed by atoms with Crippen molar-refractivity contribution in [3.05, 3.63) is 59.9 Å². The van der Waals surface area contributed by atoms with Gasteiger partial charge in [0.25, 0.3) is 11.8 Å². The Balaban J connectivity index is 1.62. The van der Waals surface area contributed by atoms with E-state index in [9.17, 15) is 14.4 Å². The number of hydrogen-bond donors (Lipinski definition) is 1. The number of carbonyl (C=O) groups excluding carboxylic acids is 3. The van der Waals surface area contributed by atoms with Gasteiger partial charge in [0, 0.05) is 31.0 Å². The highest BCUT2D eigenvalue weighted by molar-refractivity contribution is 6.21. The first-order valence-corrected chi connectivity index (χ1v) is 6.82. The Morgan fingerprint density at radius 1 is 1.00 bits per heavy atom. The molecule has 22 heavy (non-hydrogen) atoms. The molecule has 1 aliphatic rings. The summed E-state index contributed by atoms with van der Waals surface area (Å²) in [6, 6.07) is 9.99. The Labute approximate surface area is 126 Å². The molecule has 2 heterocycles. The molecule has 1 N–H and O–H groups in total. The van der Waals surface area contributed by atoms with Crippen molar-refractivity contribution in [1.82, 2.24) is 9.88 Å². The number of rotatable bonds is 4. The van der Waals surface area contributed by atoms with Gasteiger partial charge >= 0.3 is 0 Å². The highest BCUT2D eigenvalue weighted by atomic mass is 16.2. The molecule has 2 aromatic rings. The number of pyridine rings is 1. The van der Waals surface area contributed by atoms with Crippen LogP contribution in [0.25, 0.3) is 0 Å². The number of nitrogens with one attached hydrogen (secondary N) is 1. The van der Waals surface area contributed by atoms with Gasteiger partial charge in [0.15, 0.2) is 0 Å². The molecule has 0 radical (unpaired) electrons. The molecule has 6 nitrogen and oxygen atoms in total. The van der Waals surface area contributed by atoms with Crippen LogP contribution >= 0.6 is 0 Å². The summed E-state index contributed by atoms with van der Waals surface area (Å²) in [5.74, 6) is -0.961. The summed E-state index contributed by atoms with van der Waals surface area (Å²) in [6.07, 6.45) is 3.19. The highest BCUT2D eigenvalue weighted by Gasteiger charge is 2.34. The molecule has 0 bridgehead atoms. The lowest BCUT2D eigenvalue weighted by Crippen LogP contribution is -2.32. The predicted octanol–water partition coefficient (Wildman–Crippen LogP) is 1.71. The second-order valence-corrected chi connectivity index (χ2v) is 4.84. The van der Waals surface area contributed by atoms with Crippen molar-refractivity contribution in [2.24, 2.45) is 0 Å². The minimum absolute atomic E-state index is 0.0494. The van der Waals surface area contributed by atoms with Gasteiger partial charge in [-0.05, 0) is 24.3 Å². The van der Waals surface area contributed by atoms with E-state index in [2.05, 4.69) is 10.3 Å². The number of hydrogen-bond acceptors (Lipinski definition) is 4. The fraction of sp³-hybridized carbons (Fsp3) is 0.125. The van der Waals surface area contributed by atoms with Crippen molar-refractivity contribution in [1.29, 1.82) is 0 Å². The average Bonchev–Trinajstić information content (AvgIpc) is 2.78. The number of anilines is 1. The van der Waals surface area contributed by atoms with Crippen molar-refractivity contribution in [3.8, 4) is 0 Å². The molecule has 0 aliphatic carbocycles. The Bertz CT molecular complexity index is 708. The van der Waals surface area contributed by atoms with E-state index < -0.39 is 0 Å². The number of carbonyl (C=O) groups is 3. The third kappa shape index (κ3) is 2.58. The molecule has 3 rings (SSSR count). The fourth-order valence-electron chi connectivity index (χ4n) is 2.31. The minimum Gasteiger partial charge on any atom is -0.326 e. The fourth-order valence-corrected chi connectivity index (χ4v) is 2.31. The van der Waals surface area contributed by atoms with Gasteiger partial charge in [0.2, 0.25) is 5.91 Å². The van der Waals surface area contributed by atoms with Gasteiger partial charge < -0.3 is 5.32 Å². The Hall–Kier alpha value is -3.02. The molecule has 3 amide bonds. The number of fused-ring (bicyclic) bond motifs is 1. The molecule has 0 spiro atoms. The summed E-state index contributed by atoms with van der Waals surface area (Å²) in [7, 11) is 0. The van der Waals surface area contributed by atoms with Gasteiger partial charge in [-0.2, -0.15) is 0 Å². The summed E-state index contributed by atoms with van der Waals surface area (Å²) in [6.45, 7) is 0.0588. The molecule has 0 saturated heterocycles. The summed E-state index contributed by atoms with van der Waals surface area (Å²) in [5, 5.41) is 2.69. The van der Waals surface area contributed by atoms with E-state index in [1.807, 2.05) is 0 Å². The normalized spacial score (nSPS) is 13.2. The quantitative estimate of drug-likeness (QED) is 0.871. The topological polar surface area (TPSA) is 79.4 Å². The van der Waals surface area contributed by atoms with E-state index in [0.29, 0.717) is 16.8 Å². The monoisotopic (exact) mass is 295 g/mol. The third-order valence-corrected chi connectivity index (χ3v) is 3.40. The average molecular weight is 295 g/mol. The first-order valence-electron chi connectivity index (χ1n) is 6.82. The lowest BCUT2D eigenvalue weighted by atomic mass is 10.1. The van der Waals surface area contributed by atoms with E-state index >= 15 is 0 Å². The zero-order valence-electron chi connectivity index (χ0n) is 11.7. The van der Waals surface area contributed by atoms with E-state index in [0.717, 1.165) is 4.90 Å². The van der Waals surface area contributed by atoms with Crippen LogP contribution in [-0.4, -0.2) is 34.2 Å². The van der Waals surface area contributed by atoms with Crippen molar-refractivity contribution < 1.29 is 14.4 Å². The second-order valence-electron chi connectivity index (χ2n) is 4.84. The molecule has 1 aromatic heterocycles. The molecule has 0 fully saturated rings. The van der Waals surface area contributed by atoms with Crippen LogP contribution in [0.15, 0.2) is 48.8 Å². The van der Waals surface area contributed by atoms with Gasteiger partial charge in [0.1, 0.15) is 0 Å². The molecule has 0 saturated carbocycles. The van der Waals surface area contributed by atoms with Gasteiger partial charge in [-0.1, -0.05) is 12.1 Å². The number of imide groups is 1. The Morgan fingerprint density at radius 2 is 1.59 bits per heavy atom. The van der Waals surface area contributed by atoms with Crippen LogP contribution in [0, 0.1) is 0 Å². The van der Waals surface area contributed by atoms with Crippen LogP contribution in [0.5, 0.6) is 0 Å². The van der Waals surface area contributed by atoms with Crippen LogP contribution in [0.4, 0.5) is 5.69 Å². The predicted molar refractivity (Wildman–Crippen MR) is 79.3 cm³/mol. The molecule has 110 valence electrons. The van der Waals surface area contributed by atoms with Crippen LogP contribution < -0.4 is 5.32 Å². The second kappa shape index (κ2) is 5.77. The number of amides is 3. The number of benzene rings is 1. The lowest BCUT2D eigenvalue weighted by molar-refractivity contribution is -0.116. The van der Waals surface area contributed by atoms with Gasteiger partial charge in [-0.15, -0.1) is 0 Å². The largest absolute Gasteiger partial charge is 0.326 e. The minimum atomic E-state index is -0.350. The number of nitrogens with zero attached hydrogens (tertiary/aromatic N) is 2. The maximum Gasteiger partial charge on any atom is 0.261 e. The van der Waals surface area contributed by atoms with Crippen LogP contribution in [0.1, 0.15) is 27.1 Å². The zero-order valence-corrected chi connectivity index (χ0v) is 11.7. The van der Waals surface area contributed by atoms with E-state index in [1.165, 1.54) is 0 Å². The lowest BCUT2D eigenvalue weighted by Gasteiger charge is -2.13. The summed E-state index contributed by atoms with van der Waals surface area (Å²) < 4.78 is 0. The first kappa shape index (κ1) is 13.9. The molecular weight excluding hydrogens is 282 g/mol. The molecular formula is C16H13N3O3. The van der Waals surface area contributed by atoms with Crippen molar-refractivity contribution in [2.75, 3.05) is 11.9 Å². The molecule has 1 aromatic carbocycles. The molecule has 6 heteroatoms. The van der Waals surface area contributed by atoms with E-state index in [4.69, 9.17) is 0 Å². The molecule has 0 atom stereocenters. The maximum atomic E-state index is 12.1. The van der Waals surface area contributed by atoms with Crippen molar-refractivity contribution >= 4 is 23.4 Å². The summed E-state index contributed by atoms with van der Waals surface area (Å²) >= 11 is 0. The summed E-state index contributed by atoms with van der Waals surface area (Å²) in [5.41, 5.74) is 1.41. The maximum absolute atomic E-state index is 12.1. The zero-order chi connectivity index (χ0) is 15.5. The summed E-state index contributed by atoms with van der Waals surface area (Å²) in [4.78, 5) is 41.1. The van der Waals surface area contributed by atoms with Gasteiger partial charge in [0.05, 0.1) is 11.1 Å². The SMILES string of the molecule is O=C(CCN1C(=O)c2ccccc2C1=O)Nc1ccncc1. The molecule has 0 unspecified atom stereocenters. The van der Waals surface area contributed by atoms with Crippen LogP contribution in [-0.2, 0) is 4.79 Å².